The van der Waals surface area contributed by atoms with Crippen LogP contribution in [0.25, 0.3) is 0 Å². The van der Waals surface area contributed by atoms with Gasteiger partial charge in [0, 0.05) is 43.7 Å². The van der Waals surface area contributed by atoms with Gasteiger partial charge in [0.25, 0.3) is 0 Å². The van der Waals surface area contributed by atoms with E-state index >= 15 is 0 Å². The van der Waals surface area contributed by atoms with Crippen LogP contribution in [0.1, 0.15) is 16.3 Å². The lowest BCUT2D eigenvalue weighted by molar-refractivity contribution is 0.308. The highest BCUT2D eigenvalue weighted by Crippen LogP contribution is 2.18. The Morgan fingerprint density at radius 2 is 2.04 bits per heavy atom. The fourth-order valence-corrected chi connectivity index (χ4v) is 2.97. The number of benzene rings is 1. The number of nitrogens with zero attached hydrogens (tertiary/aromatic N) is 2. The van der Waals surface area contributed by atoms with Crippen molar-refractivity contribution < 1.29 is 9.47 Å². The molecule has 136 valence electrons. The van der Waals surface area contributed by atoms with Crippen LogP contribution in [0, 0.1) is 6.92 Å². The summed E-state index contributed by atoms with van der Waals surface area (Å²) in [5, 5.41) is 7.73. The highest BCUT2D eigenvalue weighted by atomic mass is 32.1. The van der Waals surface area contributed by atoms with Gasteiger partial charge >= 0.3 is 0 Å². The number of aliphatic imine (C=N–C) groups is 1. The van der Waals surface area contributed by atoms with Crippen LogP contribution in [-0.4, -0.2) is 44.8 Å². The van der Waals surface area contributed by atoms with Gasteiger partial charge in [0.15, 0.2) is 5.96 Å². The van der Waals surface area contributed by atoms with Crippen LogP contribution in [0.3, 0.4) is 0 Å². The highest BCUT2D eigenvalue weighted by molar-refractivity contribution is 7.11. The third kappa shape index (κ3) is 7.01. The van der Waals surface area contributed by atoms with Crippen molar-refractivity contribution in [2.75, 3.05) is 33.9 Å². The number of hydrogen-bond acceptors (Lipinski definition) is 5. The molecule has 2 aromatic rings. The van der Waals surface area contributed by atoms with Crippen molar-refractivity contribution in [3.8, 4) is 11.5 Å². The summed E-state index contributed by atoms with van der Waals surface area (Å²) in [4.78, 5) is 9.83. The summed E-state index contributed by atoms with van der Waals surface area (Å²) in [7, 11) is 3.42. The van der Waals surface area contributed by atoms with Crippen LogP contribution in [0.5, 0.6) is 11.5 Å². The van der Waals surface area contributed by atoms with E-state index in [2.05, 4.69) is 27.5 Å². The minimum absolute atomic E-state index is 0.634. The van der Waals surface area contributed by atoms with E-state index in [0.29, 0.717) is 6.61 Å². The molecule has 0 aliphatic heterocycles. The Morgan fingerprint density at radius 3 is 2.76 bits per heavy atom. The number of ether oxygens (including phenoxy) is 2. The summed E-state index contributed by atoms with van der Waals surface area (Å²) >= 11 is 1.74. The van der Waals surface area contributed by atoms with E-state index in [-0.39, 0.29) is 0 Å². The Labute approximate surface area is 153 Å². The number of methoxy groups -OCH3 is 1. The van der Waals surface area contributed by atoms with Crippen molar-refractivity contribution in [2.24, 2.45) is 4.99 Å². The van der Waals surface area contributed by atoms with Crippen LogP contribution >= 0.6 is 11.3 Å². The normalized spacial score (nSPS) is 11.2. The fourth-order valence-electron chi connectivity index (χ4n) is 2.19. The fraction of sp³-hybridized carbons (Fsp3) is 0.444. The van der Waals surface area contributed by atoms with Crippen LogP contribution in [-0.2, 0) is 6.42 Å². The van der Waals surface area contributed by atoms with Crippen molar-refractivity contribution in [1.29, 1.82) is 0 Å². The number of aromatic nitrogens is 1. The van der Waals surface area contributed by atoms with Crippen molar-refractivity contribution in [2.45, 2.75) is 19.8 Å². The third-order valence-electron chi connectivity index (χ3n) is 3.45. The molecule has 0 aliphatic rings. The predicted octanol–water partition coefficient (Wildman–Crippen LogP) is 2.64. The summed E-state index contributed by atoms with van der Waals surface area (Å²) in [6.07, 6.45) is 3.69. The molecule has 1 aromatic heterocycles. The molecule has 6 nitrogen and oxygen atoms in total. The van der Waals surface area contributed by atoms with Gasteiger partial charge in [0.2, 0.25) is 0 Å². The molecule has 0 saturated heterocycles. The molecule has 0 amide bonds. The van der Waals surface area contributed by atoms with E-state index < -0.39 is 0 Å². The average Bonchev–Trinajstić information content (AvgIpc) is 3.05. The van der Waals surface area contributed by atoms with Gasteiger partial charge in [-0.05, 0) is 25.5 Å². The highest BCUT2D eigenvalue weighted by Gasteiger charge is 2.01. The molecular formula is C18H26N4O2S. The number of nitrogens with one attached hydrogen (secondary N) is 2. The first-order valence-electron chi connectivity index (χ1n) is 8.34. The van der Waals surface area contributed by atoms with Crippen LogP contribution in [0.2, 0.25) is 0 Å². The zero-order valence-electron chi connectivity index (χ0n) is 15.0. The topological polar surface area (TPSA) is 67.8 Å². The molecular weight excluding hydrogens is 336 g/mol. The number of guanidine groups is 1. The molecule has 0 spiro atoms. The first kappa shape index (κ1) is 19.1. The van der Waals surface area contributed by atoms with Crippen LogP contribution < -0.4 is 20.1 Å². The minimum Gasteiger partial charge on any atom is -0.497 e. The van der Waals surface area contributed by atoms with E-state index in [1.54, 1.807) is 25.5 Å². The molecule has 7 heteroatoms. The van der Waals surface area contributed by atoms with Gasteiger partial charge in [0.05, 0.1) is 18.7 Å². The monoisotopic (exact) mass is 362 g/mol. The van der Waals surface area contributed by atoms with Gasteiger partial charge in [-0.15, -0.1) is 11.3 Å². The third-order valence-corrected chi connectivity index (χ3v) is 4.42. The summed E-state index contributed by atoms with van der Waals surface area (Å²) < 4.78 is 10.9. The van der Waals surface area contributed by atoms with Crippen molar-refractivity contribution >= 4 is 17.3 Å². The Morgan fingerprint density at radius 1 is 1.24 bits per heavy atom. The van der Waals surface area contributed by atoms with Crippen LogP contribution in [0.4, 0.5) is 0 Å². The SMILES string of the molecule is CN=C(NCCCOc1cccc(OC)c1)NCCc1ncc(C)s1. The molecule has 0 bridgehead atoms. The molecule has 1 aromatic carbocycles. The molecule has 2 rings (SSSR count). The molecule has 0 unspecified atom stereocenters. The summed E-state index contributed by atoms with van der Waals surface area (Å²) in [5.41, 5.74) is 0. The molecule has 0 radical (unpaired) electrons. The largest absolute Gasteiger partial charge is 0.497 e. The van der Waals surface area contributed by atoms with Crippen molar-refractivity contribution in [3.05, 3.63) is 40.3 Å². The summed E-state index contributed by atoms with van der Waals surface area (Å²) in [6, 6.07) is 7.63. The Balaban J connectivity index is 1.59. The van der Waals surface area contributed by atoms with Gasteiger partial charge in [0.1, 0.15) is 11.5 Å². The second-order valence-corrected chi connectivity index (χ2v) is 6.74. The number of aryl methyl sites for hydroxylation is 1. The first-order valence-corrected chi connectivity index (χ1v) is 9.15. The van der Waals surface area contributed by atoms with E-state index in [0.717, 1.165) is 48.4 Å². The Hall–Kier alpha value is -2.28. The van der Waals surface area contributed by atoms with Crippen molar-refractivity contribution in [3.63, 3.8) is 0 Å². The van der Waals surface area contributed by atoms with Gasteiger partial charge < -0.3 is 20.1 Å². The molecule has 0 atom stereocenters. The molecule has 2 N–H and O–H groups in total. The minimum atomic E-state index is 0.634. The molecule has 0 aliphatic carbocycles. The Bertz CT molecular complexity index is 673. The maximum absolute atomic E-state index is 5.72. The van der Waals surface area contributed by atoms with Gasteiger partial charge in [-0.25, -0.2) is 4.98 Å². The van der Waals surface area contributed by atoms with E-state index in [1.165, 1.54) is 4.88 Å². The van der Waals surface area contributed by atoms with Gasteiger partial charge in [-0.1, -0.05) is 6.07 Å². The molecule has 0 fully saturated rings. The second kappa shape index (κ2) is 10.6. The summed E-state index contributed by atoms with van der Waals surface area (Å²) in [6.45, 7) is 4.31. The lowest BCUT2D eigenvalue weighted by Gasteiger charge is -2.12. The maximum atomic E-state index is 5.72. The quantitative estimate of drug-likeness (QED) is 0.408. The lowest BCUT2D eigenvalue weighted by atomic mass is 10.3. The predicted molar refractivity (Wildman–Crippen MR) is 103 cm³/mol. The summed E-state index contributed by atoms with van der Waals surface area (Å²) in [5.74, 6) is 2.42. The van der Waals surface area contributed by atoms with E-state index in [9.17, 15) is 0 Å². The first-order chi connectivity index (χ1) is 12.2. The smallest absolute Gasteiger partial charge is 0.190 e. The van der Waals surface area contributed by atoms with Gasteiger partial charge in [-0.3, -0.25) is 4.99 Å². The number of rotatable bonds is 9. The average molecular weight is 362 g/mol. The second-order valence-electron chi connectivity index (χ2n) is 5.42. The van der Waals surface area contributed by atoms with Crippen LogP contribution in [0.15, 0.2) is 35.5 Å². The van der Waals surface area contributed by atoms with Gasteiger partial charge in [-0.2, -0.15) is 0 Å². The molecule has 0 saturated carbocycles. The van der Waals surface area contributed by atoms with Crippen molar-refractivity contribution in [1.82, 2.24) is 15.6 Å². The lowest BCUT2D eigenvalue weighted by Crippen LogP contribution is -2.39. The zero-order valence-corrected chi connectivity index (χ0v) is 15.9. The number of thiazole rings is 1. The zero-order chi connectivity index (χ0) is 17.9. The molecule has 25 heavy (non-hydrogen) atoms. The Kier molecular flexibility index (Phi) is 8.04. The van der Waals surface area contributed by atoms with E-state index in [1.807, 2.05) is 30.5 Å². The standard InChI is InChI=1S/C18H26N4O2S/c1-14-13-22-17(25-14)8-10-21-18(19-2)20-9-5-11-24-16-7-4-6-15(12-16)23-3/h4,6-7,12-13H,5,8-11H2,1-3H3,(H2,19,20,21). The number of hydrogen-bond donors (Lipinski definition) is 2. The molecule has 1 heterocycles. The van der Waals surface area contributed by atoms with E-state index in [4.69, 9.17) is 9.47 Å². The maximum Gasteiger partial charge on any atom is 0.190 e.